The number of carbonyl (C=O) groups is 1. The third kappa shape index (κ3) is 17.5. The Morgan fingerprint density at radius 1 is 0.818 bits per heavy atom. The molecule has 22 heavy (non-hydrogen) atoms. The van der Waals surface area contributed by atoms with Gasteiger partial charge < -0.3 is 9.84 Å². The molecule has 1 N–H and O–H groups in total. The van der Waals surface area contributed by atoms with Gasteiger partial charge in [-0.05, 0) is 6.42 Å². The van der Waals surface area contributed by atoms with E-state index in [1.807, 2.05) is 0 Å². The number of esters is 1. The van der Waals surface area contributed by atoms with Crippen LogP contribution in [0.25, 0.3) is 0 Å². The molecule has 0 aliphatic heterocycles. The van der Waals surface area contributed by atoms with Crippen molar-refractivity contribution in [1.82, 2.24) is 0 Å². The minimum absolute atomic E-state index is 0.146. The van der Waals surface area contributed by atoms with Gasteiger partial charge in [-0.15, -0.1) is 0 Å². The van der Waals surface area contributed by atoms with E-state index in [9.17, 15) is 9.90 Å². The third-order valence-corrected chi connectivity index (χ3v) is 4.12. The zero-order valence-corrected chi connectivity index (χ0v) is 14.9. The van der Waals surface area contributed by atoms with Crippen molar-refractivity contribution in [3.63, 3.8) is 0 Å². The first-order chi connectivity index (χ1) is 10.7. The SMILES string of the molecule is CCCCCCCCCCCCCCC[C@H](O)COC(C)=O. The average molecular weight is 315 g/mol. The summed E-state index contributed by atoms with van der Waals surface area (Å²) in [6.45, 7) is 3.78. The second-order valence-electron chi connectivity index (χ2n) is 6.49. The molecule has 3 nitrogen and oxygen atoms in total. The standard InChI is InChI=1S/C19H38O3/c1-3-4-5-6-7-8-9-10-11-12-13-14-15-16-19(21)17-22-18(2)20/h19,21H,3-17H2,1-2H3/t19-/m0/s1. The van der Waals surface area contributed by atoms with Gasteiger partial charge in [0.2, 0.25) is 0 Å². The van der Waals surface area contributed by atoms with Crippen LogP contribution in [0.5, 0.6) is 0 Å². The highest BCUT2D eigenvalue weighted by Crippen LogP contribution is 2.13. The van der Waals surface area contributed by atoms with E-state index in [4.69, 9.17) is 4.74 Å². The lowest BCUT2D eigenvalue weighted by atomic mass is 10.0. The Kier molecular flexibility index (Phi) is 16.4. The lowest BCUT2D eigenvalue weighted by Crippen LogP contribution is -2.17. The van der Waals surface area contributed by atoms with E-state index in [2.05, 4.69) is 6.92 Å². The summed E-state index contributed by atoms with van der Waals surface area (Å²) in [6, 6.07) is 0. The van der Waals surface area contributed by atoms with Crippen molar-refractivity contribution in [2.45, 2.75) is 110 Å². The van der Waals surface area contributed by atoms with Crippen molar-refractivity contribution in [2.24, 2.45) is 0 Å². The zero-order valence-electron chi connectivity index (χ0n) is 14.9. The molecule has 0 saturated heterocycles. The molecule has 0 aromatic carbocycles. The van der Waals surface area contributed by atoms with Crippen molar-refractivity contribution in [3.05, 3.63) is 0 Å². The zero-order chi connectivity index (χ0) is 16.5. The molecule has 0 aliphatic rings. The molecule has 0 fully saturated rings. The van der Waals surface area contributed by atoms with Crippen LogP contribution in [0.2, 0.25) is 0 Å². The fourth-order valence-corrected chi connectivity index (χ4v) is 2.69. The van der Waals surface area contributed by atoms with Crippen molar-refractivity contribution in [2.75, 3.05) is 6.61 Å². The number of ether oxygens (including phenoxy) is 1. The number of carbonyl (C=O) groups excluding carboxylic acids is 1. The van der Waals surface area contributed by atoms with Crippen LogP contribution in [-0.2, 0) is 9.53 Å². The Morgan fingerprint density at radius 3 is 1.64 bits per heavy atom. The Morgan fingerprint density at radius 2 is 1.23 bits per heavy atom. The maximum absolute atomic E-state index is 10.6. The van der Waals surface area contributed by atoms with E-state index in [0.29, 0.717) is 0 Å². The number of unbranched alkanes of at least 4 members (excludes halogenated alkanes) is 12. The van der Waals surface area contributed by atoms with Crippen LogP contribution in [0, 0.1) is 0 Å². The van der Waals surface area contributed by atoms with Crippen LogP contribution < -0.4 is 0 Å². The van der Waals surface area contributed by atoms with Crippen LogP contribution in [0.4, 0.5) is 0 Å². The van der Waals surface area contributed by atoms with E-state index >= 15 is 0 Å². The molecular weight excluding hydrogens is 276 g/mol. The second kappa shape index (κ2) is 16.8. The molecule has 1 atom stereocenters. The van der Waals surface area contributed by atoms with Crippen LogP contribution in [0.3, 0.4) is 0 Å². The second-order valence-corrected chi connectivity index (χ2v) is 6.49. The minimum atomic E-state index is -0.489. The summed E-state index contributed by atoms with van der Waals surface area (Å²) in [7, 11) is 0. The monoisotopic (exact) mass is 314 g/mol. The summed E-state index contributed by atoms with van der Waals surface area (Å²) >= 11 is 0. The molecule has 0 aliphatic carbocycles. The summed E-state index contributed by atoms with van der Waals surface area (Å²) in [5, 5.41) is 9.60. The summed E-state index contributed by atoms with van der Waals surface area (Å²) in [5.74, 6) is -0.315. The number of aliphatic hydroxyl groups is 1. The molecule has 3 heteroatoms. The Labute approximate surface area is 137 Å². The molecular formula is C19H38O3. The van der Waals surface area contributed by atoms with E-state index < -0.39 is 6.10 Å². The van der Waals surface area contributed by atoms with Crippen LogP contribution in [-0.4, -0.2) is 23.8 Å². The molecule has 0 unspecified atom stereocenters. The Hall–Kier alpha value is -0.570. The molecule has 0 amide bonds. The summed E-state index contributed by atoms with van der Waals surface area (Å²) in [4.78, 5) is 10.6. The number of hydrogen-bond acceptors (Lipinski definition) is 3. The first-order valence-electron chi connectivity index (χ1n) is 9.48. The summed E-state index contributed by atoms with van der Waals surface area (Å²) < 4.78 is 4.78. The fraction of sp³-hybridized carbons (Fsp3) is 0.947. The van der Waals surface area contributed by atoms with Crippen molar-refractivity contribution in [1.29, 1.82) is 0 Å². The quantitative estimate of drug-likeness (QED) is 0.307. The average Bonchev–Trinajstić information content (AvgIpc) is 2.49. The summed E-state index contributed by atoms with van der Waals surface area (Å²) in [5.41, 5.74) is 0. The molecule has 0 aromatic heterocycles. The van der Waals surface area contributed by atoms with E-state index in [-0.39, 0.29) is 12.6 Å². The topological polar surface area (TPSA) is 46.5 Å². The van der Waals surface area contributed by atoms with Gasteiger partial charge in [0.25, 0.3) is 0 Å². The smallest absolute Gasteiger partial charge is 0.302 e. The predicted octanol–water partition coefficient (Wildman–Crippen LogP) is 5.39. The van der Waals surface area contributed by atoms with Gasteiger partial charge >= 0.3 is 5.97 Å². The number of hydrogen-bond donors (Lipinski definition) is 1. The molecule has 0 heterocycles. The van der Waals surface area contributed by atoms with E-state index in [1.165, 1.54) is 84.0 Å². The largest absolute Gasteiger partial charge is 0.463 e. The predicted molar refractivity (Wildman–Crippen MR) is 93.0 cm³/mol. The minimum Gasteiger partial charge on any atom is -0.463 e. The summed E-state index contributed by atoms with van der Waals surface area (Å²) in [6.07, 6.45) is 17.6. The maximum atomic E-state index is 10.6. The number of aliphatic hydroxyl groups excluding tert-OH is 1. The highest BCUT2D eigenvalue weighted by Gasteiger charge is 2.05. The molecule has 0 radical (unpaired) electrons. The maximum Gasteiger partial charge on any atom is 0.302 e. The van der Waals surface area contributed by atoms with Crippen molar-refractivity contribution in [3.8, 4) is 0 Å². The first kappa shape index (κ1) is 21.4. The Bertz CT molecular complexity index is 241. The molecule has 0 saturated carbocycles. The van der Waals surface area contributed by atoms with Gasteiger partial charge in [-0.2, -0.15) is 0 Å². The fourth-order valence-electron chi connectivity index (χ4n) is 2.69. The Balaban J connectivity index is 3.09. The normalized spacial score (nSPS) is 12.3. The molecule has 0 spiro atoms. The van der Waals surface area contributed by atoms with Gasteiger partial charge in [-0.25, -0.2) is 0 Å². The van der Waals surface area contributed by atoms with Crippen LogP contribution >= 0.6 is 0 Å². The highest BCUT2D eigenvalue weighted by molar-refractivity contribution is 5.65. The van der Waals surface area contributed by atoms with Gasteiger partial charge in [0, 0.05) is 6.92 Å². The van der Waals surface area contributed by atoms with Crippen molar-refractivity contribution < 1.29 is 14.6 Å². The lowest BCUT2D eigenvalue weighted by Gasteiger charge is -2.09. The third-order valence-electron chi connectivity index (χ3n) is 4.12. The van der Waals surface area contributed by atoms with Gasteiger partial charge in [0.15, 0.2) is 0 Å². The molecule has 132 valence electrons. The molecule has 0 rings (SSSR count). The first-order valence-corrected chi connectivity index (χ1v) is 9.48. The lowest BCUT2D eigenvalue weighted by molar-refractivity contribution is -0.144. The highest BCUT2D eigenvalue weighted by atomic mass is 16.5. The molecule has 0 aromatic rings. The van der Waals surface area contributed by atoms with E-state index in [0.717, 1.165) is 12.8 Å². The van der Waals surface area contributed by atoms with Gasteiger partial charge in [0.1, 0.15) is 6.61 Å². The van der Waals surface area contributed by atoms with Crippen LogP contribution in [0.15, 0.2) is 0 Å². The van der Waals surface area contributed by atoms with Crippen molar-refractivity contribution >= 4 is 5.97 Å². The number of rotatable bonds is 16. The van der Waals surface area contributed by atoms with Gasteiger partial charge in [0.05, 0.1) is 6.10 Å². The van der Waals surface area contributed by atoms with Crippen LogP contribution in [0.1, 0.15) is 104 Å². The van der Waals surface area contributed by atoms with E-state index in [1.54, 1.807) is 0 Å². The molecule has 0 bridgehead atoms. The van der Waals surface area contributed by atoms with Gasteiger partial charge in [-0.3, -0.25) is 4.79 Å². The van der Waals surface area contributed by atoms with Gasteiger partial charge in [-0.1, -0.05) is 90.4 Å².